The summed E-state index contributed by atoms with van der Waals surface area (Å²) in [6.45, 7) is 2.45. The van der Waals surface area contributed by atoms with E-state index in [0.29, 0.717) is 17.8 Å². The Morgan fingerprint density at radius 3 is 2.44 bits per heavy atom. The maximum absolute atomic E-state index is 13.5. The monoisotopic (exact) mass is 487 g/mol. The van der Waals surface area contributed by atoms with Gasteiger partial charge in [-0.25, -0.2) is 4.79 Å². The summed E-state index contributed by atoms with van der Waals surface area (Å²) in [6.07, 6.45) is -1.42. The summed E-state index contributed by atoms with van der Waals surface area (Å²) in [4.78, 5) is 39.9. The molecule has 4 rings (SSSR count). The zero-order valence-corrected chi connectivity index (χ0v) is 20.3. The van der Waals surface area contributed by atoms with Crippen LogP contribution in [0, 0.1) is 6.92 Å². The molecule has 0 aliphatic carbocycles. The van der Waals surface area contributed by atoms with Gasteiger partial charge in [-0.05, 0) is 35.7 Å². The van der Waals surface area contributed by atoms with Crippen LogP contribution in [0.3, 0.4) is 0 Å². The number of anilines is 1. The molecule has 0 aromatic heterocycles. The number of ether oxygens (including phenoxy) is 2. The molecule has 1 aliphatic heterocycles. The number of benzene rings is 3. The van der Waals surface area contributed by atoms with Crippen molar-refractivity contribution in [1.29, 1.82) is 0 Å². The first-order valence-corrected chi connectivity index (χ1v) is 11.7. The van der Waals surface area contributed by atoms with Crippen molar-refractivity contribution in [2.24, 2.45) is 0 Å². The number of nitrogens with one attached hydrogen (secondary N) is 2. The lowest BCUT2D eigenvalue weighted by Crippen LogP contribution is -2.46. The Morgan fingerprint density at radius 1 is 0.972 bits per heavy atom. The first-order valence-electron chi connectivity index (χ1n) is 11.7. The molecule has 0 radical (unpaired) electrons. The van der Waals surface area contributed by atoms with E-state index in [0.717, 1.165) is 16.7 Å². The van der Waals surface area contributed by atoms with Gasteiger partial charge in [-0.15, -0.1) is 0 Å². The van der Waals surface area contributed by atoms with Crippen LogP contribution in [0.5, 0.6) is 0 Å². The molecule has 0 unspecified atom stereocenters. The molecule has 1 heterocycles. The zero-order chi connectivity index (χ0) is 25.5. The number of hydrogen-bond acceptors (Lipinski definition) is 5. The minimum absolute atomic E-state index is 0.0858. The molecule has 2 N–H and O–H groups in total. The van der Waals surface area contributed by atoms with Gasteiger partial charge in [-0.1, -0.05) is 72.3 Å². The molecule has 1 saturated heterocycles. The third-order valence-electron chi connectivity index (χ3n) is 5.91. The second-order valence-corrected chi connectivity index (χ2v) is 8.67. The van der Waals surface area contributed by atoms with E-state index in [4.69, 9.17) is 9.47 Å². The standard InChI is InChI=1S/C28H29N3O5/c1-19-11-13-21(14-12-19)17-31-25(27(33)29-16-20-7-4-3-5-8-20)26(36-28(31)34)22-9-6-10-23(15-22)30-24(32)18-35-2/h3-15,25-26H,16-18H2,1-2H3,(H,29,33)(H,30,32)/t25-,26-/m1/s1. The van der Waals surface area contributed by atoms with Crippen LogP contribution in [0.15, 0.2) is 78.9 Å². The molecule has 8 heteroatoms. The third kappa shape index (κ3) is 6.09. The van der Waals surface area contributed by atoms with Crippen LogP contribution >= 0.6 is 0 Å². The fraction of sp³-hybridized carbons (Fsp3) is 0.250. The molecule has 0 bridgehead atoms. The van der Waals surface area contributed by atoms with Crippen LogP contribution in [0.25, 0.3) is 0 Å². The van der Waals surface area contributed by atoms with Crippen LogP contribution in [-0.2, 0) is 32.2 Å². The van der Waals surface area contributed by atoms with Crippen LogP contribution in [0.2, 0.25) is 0 Å². The van der Waals surface area contributed by atoms with Gasteiger partial charge in [-0.2, -0.15) is 0 Å². The number of hydrogen-bond donors (Lipinski definition) is 2. The highest BCUT2D eigenvalue weighted by Crippen LogP contribution is 2.35. The molecule has 8 nitrogen and oxygen atoms in total. The Balaban J connectivity index is 1.60. The fourth-order valence-electron chi connectivity index (χ4n) is 4.11. The number of nitrogens with zero attached hydrogens (tertiary/aromatic N) is 1. The van der Waals surface area contributed by atoms with Crippen molar-refractivity contribution in [1.82, 2.24) is 10.2 Å². The normalized spacial score (nSPS) is 16.9. The van der Waals surface area contributed by atoms with Crippen molar-refractivity contribution >= 4 is 23.6 Å². The van der Waals surface area contributed by atoms with Crippen molar-refractivity contribution in [2.75, 3.05) is 19.0 Å². The van der Waals surface area contributed by atoms with Gasteiger partial charge < -0.3 is 20.1 Å². The summed E-state index contributed by atoms with van der Waals surface area (Å²) in [7, 11) is 1.44. The second-order valence-electron chi connectivity index (χ2n) is 8.67. The van der Waals surface area contributed by atoms with E-state index in [2.05, 4.69) is 10.6 Å². The summed E-state index contributed by atoms with van der Waals surface area (Å²) in [5.74, 6) is -0.633. The quantitative estimate of drug-likeness (QED) is 0.476. The van der Waals surface area contributed by atoms with Gasteiger partial charge in [-0.3, -0.25) is 14.5 Å². The van der Waals surface area contributed by atoms with Crippen LogP contribution < -0.4 is 10.6 Å². The van der Waals surface area contributed by atoms with Crippen LogP contribution in [-0.4, -0.2) is 42.6 Å². The van der Waals surface area contributed by atoms with Gasteiger partial charge >= 0.3 is 6.09 Å². The Bertz CT molecular complexity index is 1210. The summed E-state index contributed by atoms with van der Waals surface area (Å²) in [5.41, 5.74) is 4.06. The SMILES string of the molecule is COCC(=O)Nc1cccc([C@H]2OC(=O)N(Cc3ccc(C)cc3)[C@H]2C(=O)NCc2ccccc2)c1. The summed E-state index contributed by atoms with van der Waals surface area (Å²) in [6, 6.07) is 23.4. The van der Waals surface area contributed by atoms with Gasteiger partial charge in [0.05, 0.1) is 6.54 Å². The summed E-state index contributed by atoms with van der Waals surface area (Å²) >= 11 is 0. The number of carbonyl (C=O) groups excluding carboxylic acids is 3. The molecular weight excluding hydrogens is 458 g/mol. The first-order chi connectivity index (χ1) is 17.4. The highest BCUT2D eigenvalue weighted by Gasteiger charge is 2.47. The van der Waals surface area contributed by atoms with E-state index in [1.54, 1.807) is 24.3 Å². The average Bonchev–Trinajstić information content (AvgIpc) is 3.20. The van der Waals surface area contributed by atoms with E-state index in [-0.39, 0.29) is 25.0 Å². The molecule has 3 aromatic rings. The predicted molar refractivity (Wildman–Crippen MR) is 135 cm³/mol. The molecule has 2 atom stereocenters. The average molecular weight is 488 g/mol. The molecule has 186 valence electrons. The van der Waals surface area contributed by atoms with Crippen LogP contribution in [0.4, 0.5) is 10.5 Å². The third-order valence-corrected chi connectivity index (χ3v) is 5.91. The number of cyclic esters (lactones) is 1. The maximum atomic E-state index is 13.5. The Kier molecular flexibility index (Phi) is 7.97. The molecule has 3 aromatic carbocycles. The molecule has 1 fully saturated rings. The van der Waals surface area contributed by atoms with E-state index >= 15 is 0 Å². The minimum Gasteiger partial charge on any atom is -0.438 e. The van der Waals surface area contributed by atoms with Gasteiger partial charge in [0.15, 0.2) is 12.1 Å². The van der Waals surface area contributed by atoms with Gasteiger partial charge in [0.1, 0.15) is 6.61 Å². The number of rotatable bonds is 9. The lowest BCUT2D eigenvalue weighted by molar-refractivity contribution is -0.126. The highest BCUT2D eigenvalue weighted by molar-refractivity contribution is 5.92. The molecular formula is C28H29N3O5. The number of amides is 3. The molecule has 1 aliphatic rings. The van der Waals surface area contributed by atoms with E-state index in [1.807, 2.05) is 61.5 Å². The van der Waals surface area contributed by atoms with Gasteiger partial charge in [0, 0.05) is 19.3 Å². The highest BCUT2D eigenvalue weighted by atomic mass is 16.6. The Morgan fingerprint density at radius 2 is 1.72 bits per heavy atom. The molecule has 0 spiro atoms. The van der Waals surface area contributed by atoms with E-state index in [9.17, 15) is 14.4 Å². The second kappa shape index (κ2) is 11.5. The lowest BCUT2D eigenvalue weighted by atomic mass is 10.00. The minimum atomic E-state index is -0.896. The van der Waals surface area contributed by atoms with Crippen molar-refractivity contribution in [3.63, 3.8) is 0 Å². The van der Waals surface area contributed by atoms with Gasteiger partial charge in [0.2, 0.25) is 11.8 Å². The largest absolute Gasteiger partial charge is 0.438 e. The molecule has 36 heavy (non-hydrogen) atoms. The van der Waals surface area contributed by atoms with Crippen molar-refractivity contribution < 1.29 is 23.9 Å². The maximum Gasteiger partial charge on any atom is 0.411 e. The summed E-state index contributed by atoms with van der Waals surface area (Å²) in [5, 5.41) is 5.70. The van der Waals surface area contributed by atoms with Crippen molar-refractivity contribution in [3.8, 4) is 0 Å². The van der Waals surface area contributed by atoms with Crippen molar-refractivity contribution in [3.05, 3.63) is 101 Å². The van der Waals surface area contributed by atoms with E-state index < -0.39 is 18.2 Å². The number of methoxy groups -OCH3 is 1. The first kappa shape index (κ1) is 24.9. The smallest absolute Gasteiger partial charge is 0.411 e. The number of carbonyl (C=O) groups is 3. The van der Waals surface area contributed by atoms with E-state index in [1.165, 1.54) is 12.0 Å². The topological polar surface area (TPSA) is 97.0 Å². The fourth-order valence-corrected chi connectivity index (χ4v) is 4.11. The molecule has 3 amide bonds. The van der Waals surface area contributed by atoms with Gasteiger partial charge in [0.25, 0.3) is 0 Å². The van der Waals surface area contributed by atoms with Crippen LogP contribution in [0.1, 0.15) is 28.4 Å². The zero-order valence-electron chi connectivity index (χ0n) is 20.3. The Labute approximate surface area is 210 Å². The number of aryl methyl sites for hydroxylation is 1. The Hall–Kier alpha value is -4.17. The lowest BCUT2D eigenvalue weighted by Gasteiger charge is -2.24. The summed E-state index contributed by atoms with van der Waals surface area (Å²) < 4.78 is 10.6. The predicted octanol–water partition coefficient (Wildman–Crippen LogP) is 3.96. The van der Waals surface area contributed by atoms with Crippen molar-refractivity contribution in [2.45, 2.75) is 32.2 Å². The molecule has 0 saturated carbocycles.